The average molecular weight is 323 g/mol. The number of urea groups is 1. The SMILES string of the molecule is O=C(NCc1ccccc1)N1CCN(S(=O)(=O)C2CC2)CC1. The summed E-state index contributed by atoms with van der Waals surface area (Å²) in [7, 11) is -3.12. The second kappa shape index (κ2) is 6.26. The minimum Gasteiger partial charge on any atom is -0.334 e. The molecule has 1 saturated carbocycles. The maximum atomic E-state index is 12.1. The molecule has 120 valence electrons. The average Bonchev–Trinajstić information content (AvgIpc) is 3.39. The third kappa shape index (κ3) is 3.41. The van der Waals surface area contributed by atoms with Crippen LogP contribution in [0.4, 0.5) is 4.79 Å². The molecule has 2 fully saturated rings. The van der Waals surface area contributed by atoms with Crippen molar-refractivity contribution in [2.75, 3.05) is 26.2 Å². The van der Waals surface area contributed by atoms with Crippen molar-refractivity contribution < 1.29 is 13.2 Å². The smallest absolute Gasteiger partial charge is 0.317 e. The minimum atomic E-state index is -3.12. The van der Waals surface area contributed by atoms with Crippen LogP contribution in [0.5, 0.6) is 0 Å². The van der Waals surface area contributed by atoms with E-state index in [1.54, 1.807) is 4.90 Å². The summed E-state index contributed by atoms with van der Waals surface area (Å²) in [4.78, 5) is 13.8. The van der Waals surface area contributed by atoms with Gasteiger partial charge >= 0.3 is 6.03 Å². The minimum absolute atomic E-state index is 0.132. The van der Waals surface area contributed by atoms with Gasteiger partial charge in [-0.1, -0.05) is 30.3 Å². The van der Waals surface area contributed by atoms with E-state index in [1.165, 1.54) is 4.31 Å². The van der Waals surface area contributed by atoms with Gasteiger partial charge in [-0.15, -0.1) is 0 Å². The fourth-order valence-corrected chi connectivity index (χ4v) is 4.43. The highest BCUT2D eigenvalue weighted by molar-refractivity contribution is 7.90. The zero-order chi connectivity index (χ0) is 15.6. The number of nitrogens with zero attached hydrogens (tertiary/aromatic N) is 2. The van der Waals surface area contributed by atoms with Crippen LogP contribution in [0.15, 0.2) is 30.3 Å². The first-order valence-corrected chi connectivity index (χ1v) is 9.13. The van der Waals surface area contributed by atoms with Crippen LogP contribution in [0.1, 0.15) is 18.4 Å². The Bertz CT molecular complexity index is 621. The second-order valence-corrected chi connectivity index (χ2v) is 7.99. The molecule has 0 radical (unpaired) electrons. The van der Waals surface area contributed by atoms with Gasteiger partial charge in [0.1, 0.15) is 0 Å². The summed E-state index contributed by atoms with van der Waals surface area (Å²) in [6.07, 6.45) is 1.56. The van der Waals surface area contributed by atoms with Crippen LogP contribution in [0.25, 0.3) is 0 Å². The van der Waals surface area contributed by atoms with Crippen molar-refractivity contribution >= 4 is 16.1 Å². The Labute approximate surface area is 131 Å². The molecule has 1 N–H and O–H groups in total. The van der Waals surface area contributed by atoms with Crippen LogP contribution in [-0.4, -0.2) is 55.1 Å². The highest BCUT2D eigenvalue weighted by Gasteiger charge is 2.41. The topological polar surface area (TPSA) is 69.7 Å². The number of piperazine rings is 1. The first-order valence-electron chi connectivity index (χ1n) is 7.63. The number of hydrogen-bond donors (Lipinski definition) is 1. The first-order chi connectivity index (χ1) is 10.6. The standard InChI is InChI=1S/C15H21N3O3S/c19-15(16-12-13-4-2-1-3-5-13)17-8-10-18(11-9-17)22(20,21)14-6-7-14/h1-5,14H,6-12H2,(H,16,19). The van der Waals surface area contributed by atoms with Gasteiger partial charge in [-0.05, 0) is 18.4 Å². The van der Waals surface area contributed by atoms with Crippen molar-refractivity contribution in [3.05, 3.63) is 35.9 Å². The molecule has 0 aromatic heterocycles. The Kier molecular flexibility index (Phi) is 4.35. The lowest BCUT2D eigenvalue weighted by molar-refractivity contribution is 0.172. The second-order valence-electron chi connectivity index (χ2n) is 5.77. The molecule has 1 aliphatic carbocycles. The molecule has 7 heteroatoms. The molecule has 1 aromatic carbocycles. The van der Waals surface area contributed by atoms with Gasteiger partial charge in [0, 0.05) is 32.7 Å². The van der Waals surface area contributed by atoms with E-state index in [-0.39, 0.29) is 11.3 Å². The Morgan fingerprint density at radius 3 is 2.32 bits per heavy atom. The monoisotopic (exact) mass is 323 g/mol. The molecule has 1 aromatic rings. The highest BCUT2D eigenvalue weighted by atomic mass is 32.2. The molecule has 3 rings (SSSR count). The summed E-state index contributed by atoms with van der Waals surface area (Å²) in [5.41, 5.74) is 1.05. The number of benzene rings is 1. The summed E-state index contributed by atoms with van der Waals surface area (Å²) in [6.45, 7) is 2.19. The number of rotatable bonds is 4. The van der Waals surface area contributed by atoms with Gasteiger partial charge in [-0.25, -0.2) is 13.2 Å². The van der Waals surface area contributed by atoms with Crippen LogP contribution >= 0.6 is 0 Å². The van der Waals surface area contributed by atoms with Gasteiger partial charge in [0.15, 0.2) is 0 Å². The van der Waals surface area contributed by atoms with E-state index in [9.17, 15) is 13.2 Å². The molecule has 0 atom stereocenters. The molecule has 1 aliphatic heterocycles. The number of sulfonamides is 1. The van der Waals surface area contributed by atoms with E-state index >= 15 is 0 Å². The lowest BCUT2D eigenvalue weighted by Gasteiger charge is -2.34. The largest absolute Gasteiger partial charge is 0.334 e. The maximum absolute atomic E-state index is 12.1. The van der Waals surface area contributed by atoms with E-state index in [0.29, 0.717) is 32.7 Å². The molecule has 0 bridgehead atoms. The third-order valence-corrected chi connectivity index (χ3v) is 6.52. The number of nitrogens with one attached hydrogen (secondary N) is 1. The lowest BCUT2D eigenvalue weighted by Crippen LogP contribution is -2.53. The van der Waals surface area contributed by atoms with Gasteiger partial charge in [-0.2, -0.15) is 4.31 Å². The molecule has 1 heterocycles. The molecule has 2 aliphatic rings. The number of hydrogen-bond acceptors (Lipinski definition) is 3. The molecule has 2 amide bonds. The fourth-order valence-electron chi connectivity index (χ4n) is 2.61. The lowest BCUT2D eigenvalue weighted by atomic mass is 10.2. The predicted octanol–water partition coefficient (Wildman–Crippen LogP) is 1.01. The van der Waals surface area contributed by atoms with Crippen LogP contribution in [0.3, 0.4) is 0 Å². The molecule has 22 heavy (non-hydrogen) atoms. The van der Waals surface area contributed by atoms with Crippen LogP contribution < -0.4 is 5.32 Å². The normalized spacial score (nSPS) is 19.9. The highest BCUT2D eigenvalue weighted by Crippen LogP contribution is 2.31. The van der Waals surface area contributed by atoms with Crippen LogP contribution in [0, 0.1) is 0 Å². The van der Waals surface area contributed by atoms with Crippen LogP contribution in [-0.2, 0) is 16.6 Å². The Balaban J connectivity index is 1.47. The van der Waals surface area contributed by atoms with Gasteiger partial charge in [0.05, 0.1) is 5.25 Å². The molecule has 0 unspecified atom stereocenters. The quantitative estimate of drug-likeness (QED) is 0.899. The fraction of sp³-hybridized carbons (Fsp3) is 0.533. The number of carbonyl (C=O) groups is 1. The maximum Gasteiger partial charge on any atom is 0.317 e. The van der Waals surface area contributed by atoms with E-state index in [1.807, 2.05) is 30.3 Å². The van der Waals surface area contributed by atoms with Gasteiger partial charge in [0.25, 0.3) is 0 Å². The van der Waals surface area contributed by atoms with Crippen molar-refractivity contribution in [1.29, 1.82) is 0 Å². The summed E-state index contributed by atoms with van der Waals surface area (Å²) in [5.74, 6) is 0. The summed E-state index contributed by atoms with van der Waals surface area (Å²) in [5, 5.41) is 2.70. The molecule has 0 spiro atoms. The summed E-state index contributed by atoms with van der Waals surface area (Å²) < 4.78 is 25.8. The summed E-state index contributed by atoms with van der Waals surface area (Å²) >= 11 is 0. The molecule has 1 saturated heterocycles. The van der Waals surface area contributed by atoms with Crippen molar-refractivity contribution in [2.24, 2.45) is 0 Å². The van der Waals surface area contributed by atoms with Crippen molar-refractivity contribution in [3.63, 3.8) is 0 Å². The van der Waals surface area contributed by atoms with Crippen molar-refractivity contribution in [3.8, 4) is 0 Å². The zero-order valence-corrected chi connectivity index (χ0v) is 13.3. The Morgan fingerprint density at radius 1 is 1.09 bits per heavy atom. The number of amides is 2. The van der Waals surface area contributed by atoms with Gasteiger partial charge in [-0.3, -0.25) is 0 Å². The van der Waals surface area contributed by atoms with Gasteiger partial charge < -0.3 is 10.2 Å². The molecule has 6 nitrogen and oxygen atoms in total. The van der Waals surface area contributed by atoms with Crippen molar-refractivity contribution in [1.82, 2.24) is 14.5 Å². The van der Waals surface area contributed by atoms with Crippen LogP contribution in [0.2, 0.25) is 0 Å². The summed E-state index contributed by atoms with van der Waals surface area (Å²) in [6, 6.07) is 9.59. The predicted molar refractivity (Wildman–Crippen MR) is 83.8 cm³/mol. The van der Waals surface area contributed by atoms with E-state index in [2.05, 4.69) is 5.32 Å². The van der Waals surface area contributed by atoms with Crippen molar-refractivity contribution in [2.45, 2.75) is 24.6 Å². The van der Waals surface area contributed by atoms with Gasteiger partial charge in [0.2, 0.25) is 10.0 Å². The Hall–Kier alpha value is -1.60. The first kappa shape index (κ1) is 15.3. The zero-order valence-electron chi connectivity index (χ0n) is 12.4. The Morgan fingerprint density at radius 2 is 1.73 bits per heavy atom. The molecular formula is C15H21N3O3S. The van der Waals surface area contributed by atoms with E-state index < -0.39 is 10.0 Å². The molecular weight excluding hydrogens is 302 g/mol. The van der Waals surface area contributed by atoms with E-state index in [0.717, 1.165) is 18.4 Å². The number of carbonyl (C=O) groups excluding carboxylic acids is 1. The van der Waals surface area contributed by atoms with E-state index in [4.69, 9.17) is 0 Å². The third-order valence-electron chi connectivity index (χ3n) is 4.12.